The molecule has 3 aromatic rings. The van der Waals surface area contributed by atoms with Crippen LogP contribution in [0.4, 0.5) is 0 Å². The molecule has 0 atom stereocenters. The fourth-order valence-electron chi connectivity index (χ4n) is 3.13. The van der Waals surface area contributed by atoms with E-state index in [0.29, 0.717) is 5.76 Å². The summed E-state index contributed by atoms with van der Waals surface area (Å²) in [5.74, 6) is 0.110. The van der Waals surface area contributed by atoms with Gasteiger partial charge in [0.25, 0.3) is 5.56 Å². The summed E-state index contributed by atoms with van der Waals surface area (Å²) in [6, 6.07) is 3.22. The third-order valence-electron chi connectivity index (χ3n) is 4.32. The number of carbonyl (C=O) groups is 1. The van der Waals surface area contributed by atoms with Crippen molar-refractivity contribution < 1.29 is 13.9 Å². The Labute approximate surface area is 141 Å². The van der Waals surface area contributed by atoms with E-state index < -0.39 is 5.97 Å². The summed E-state index contributed by atoms with van der Waals surface area (Å²) in [5, 5.41) is 0.747. The molecule has 0 saturated carbocycles. The largest absolute Gasteiger partial charge is 0.463 e. The third-order valence-corrected chi connectivity index (χ3v) is 5.52. The van der Waals surface area contributed by atoms with E-state index in [-0.39, 0.29) is 17.9 Å². The van der Waals surface area contributed by atoms with Crippen LogP contribution in [0.15, 0.2) is 27.7 Å². The molecular weight excluding hydrogens is 328 g/mol. The van der Waals surface area contributed by atoms with Gasteiger partial charge in [-0.05, 0) is 43.4 Å². The van der Waals surface area contributed by atoms with Gasteiger partial charge in [-0.1, -0.05) is 0 Å². The summed E-state index contributed by atoms with van der Waals surface area (Å²) in [7, 11) is 1.30. The Bertz CT molecular complexity index is 982. The molecule has 1 aliphatic carbocycles. The first kappa shape index (κ1) is 15.1. The number of aromatic nitrogens is 2. The number of esters is 1. The second-order valence-electron chi connectivity index (χ2n) is 5.83. The fraction of sp³-hybridized carbons (Fsp3) is 0.353. The van der Waals surface area contributed by atoms with Crippen molar-refractivity contribution in [1.29, 1.82) is 0 Å². The molecule has 0 aliphatic heterocycles. The molecule has 0 N–H and O–H groups in total. The smallest absolute Gasteiger partial charge is 0.373 e. The Morgan fingerprint density at radius 2 is 2.21 bits per heavy atom. The SMILES string of the molecule is COC(=O)c1ccc(Cn2cnc3sc4c(c3c2=O)CCCC4)o1. The highest BCUT2D eigenvalue weighted by molar-refractivity contribution is 7.18. The van der Waals surface area contributed by atoms with Gasteiger partial charge >= 0.3 is 5.97 Å². The first-order valence-corrected chi connectivity index (χ1v) is 8.65. The Morgan fingerprint density at radius 1 is 1.38 bits per heavy atom. The van der Waals surface area contributed by atoms with Crippen LogP contribution in [0.3, 0.4) is 0 Å². The van der Waals surface area contributed by atoms with Crippen LogP contribution in [0.5, 0.6) is 0 Å². The molecule has 7 heteroatoms. The van der Waals surface area contributed by atoms with Gasteiger partial charge in [0.2, 0.25) is 5.76 Å². The van der Waals surface area contributed by atoms with Gasteiger partial charge in [-0.15, -0.1) is 11.3 Å². The number of aryl methyl sites for hydroxylation is 2. The van der Waals surface area contributed by atoms with Gasteiger partial charge in [0.05, 0.1) is 25.4 Å². The van der Waals surface area contributed by atoms with E-state index in [0.717, 1.165) is 29.5 Å². The number of ether oxygens (including phenoxy) is 1. The maximum atomic E-state index is 12.9. The molecule has 0 radical (unpaired) electrons. The summed E-state index contributed by atoms with van der Waals surface area (Å²) < 4.78 is 11.6. The minimum Gasteiger partial charge on any atom is -0.463 e. The summed E-state index contributed by atoms with van der Waals surface area (Å²) >= 11 is 1.63. The molecular formula is C17H16N2O4S. The lowest BCUT2D eigenvalue weighted by molar-refractivity contribution is 0.0563. The van der Waals surface area contributed by atoms with Crippen molar-refractivity contribution in [3.63, 3.8) is 0 Å². The predicted molar refractivity (Wildman–Crippen MR) is 89.7 cm³/mol. The number of thiophene rings is 1. The quantitative estimate of drug-likeness (QED) is 0.683. The third kappa shape index (κ3) is 2.45. The van der Waals surface area contributed by atoms with Crippen molar-refractivity contribution in [1.82, 2.24) is 9.55 Å². The molecule has 0 spiro atoms. The molecule has 1 aliphatic rings. The first-order chi connectivity index (χ1) is 11.7. The summed E-state index contributed by atoms with van der Waals surface area (Å²) in [5.41, 5.74) is 1.12. The Balaban J connectivity index is 1.72. The van der Waals surface area contributed by atoms with Gasteiger partial charge in [-0.3, -0.25) is 9.36 Å². The lowest BCUT2D eigenvalue weighted by Crippen LogP contribution is -2.21. The lowest BCUT2D eigenvalue weighted by Gasteiger charge is -2.10. The Hall–Kier alpha value is -2.41. The second-order valence-corrected chi connectivity index (χ2v) is 6.91. The number of fused-ring (bicyclic) bond motifs is 3. The van der Waals surface area contributed by atoms with Crippen LogP contribution in [0.1, 0.15) is 39.6 Å². The second kappa shape index (κ2) is 5.90. The summed E-state index contributed by atoms with van der Waals surface area (Å²) in [6.45, 7) is 0.239. The first-order valence-electron chi connectivity index (χ1n) is 7.84. The van der Waals surface area contributed by atoms with Crippen LogP contribution >= 0.6 is 11.3 Å². The Kier molecular flexibility index (Phi) is 3.72. The molecule has 4 rings (SSSR count). The van der Waals surface area contributed by atoms with E-state index in [1.165, 1.54) is 28.5 Å². The molecule has 124 valence electrons. The van der Waals surface area contributed by atoms with E-state index in [4.69, 9.17) is 4.42 Å². The highest BCUT2D eigenvalue weighted by Crippen LogP contribution is 2.33. The molecule has 0 fully saturated rings. The van der Waals surface area contributed by atoms with Crippen molar-refractivity contribution in [2.75, 3.05) is 7.11 Å². The van der Waals surface area contributed by atoms with Crippen molar-refractivity contribution in [2.24, 2.45) is 0 Å². The topological polar surface area (TPSA) is 74.3 Å². The number of hydrogen-bond acceptors (Lipinski definition) is 6. The number of methoxy groups -OCH3 is 1. The molecule has 0 amide bonds. The molecule has 3 heterocycles. The zero-order valence-corrected chi connectivity index (χ0v) is 14.0. The van der Waals surface area contributed by atoms with Crippen LogP contribution in [-0.4, -0.2) is 22.6 Å². The highest BCUT2D eigenvalue weighted by atomic mass is 32.1. The zero-order valence-electron chi connectivity index (χ0n) is 13.2. The molecule has 6 nitrogen and oxygen atoms in total. The van der Waals surface area contributed by atoms with Crippen molar-refractivity contribution in [3.05, 3.63) is 50.8 Å². The molecule has 0 bridgehead atoms. The molecule has 0 unspecified atom stereocenters. The van der Waals surface area contributed by atoms with Crippen LogP contribution < -0.4 is 5.56 Å². The fourth-order valence-corrected chi connectivity index (χ4v) is 4.35. The van der Waals surface area contributed by atoms with Gasteiger partial charge < -0.3 is 9.15 Å². The minimum atomic E-state index is -0.533. The van der Waals surface area contributed by atoms with Gasteiger partial charge in [0.15, 0.2) is 0 Å². The average Bonchev–Trinajstić information content (AvgIpc) is 3.21. The maximum absolute atomic E-state index is 12.9. The summed E-state index contributed by atoms with van der Waals surface area (Å²) in [4.78, 5) is 30.9. The van der Waals surface area contributed by atoms with Crippen LogP contribution in [0.25, 0.3) is 10.2 Å². The molecule has 0 saturated heterocycles. The number of furan rings is 1. The van der Waals surface area contributed by atoms with E-state index in [1.54, 1.807) is 29.8 Å². The standard InChI is InChI=1S/C17H16N2O4S/c1-22-17(21)12-7-6-10(23-12)8-19-9-18-15-14(16(19)20)11-4-2-3-5-13(11)24-15/h6-7,9H,2-5,8H2,1H3. The van der Waals surface area contributed by atoms with Gasteiger partial charge in [0, 0.05) is 4.88 Å². The number of hydrogen-bond donors (Lipinski definition) is 0. The highest BCUT2D eigenvalue weighted by Gasteiger charge is 2.20. The number of carbonyl (C=O) groups excluding carboxylic acids is 1. The minimum absolute atomic E-state index is 0.0459. The monoisotopic (exact) mass is 344 g/mol. The molecule has 24 heavy (non-hydrogen) atoms. The van der Waals surface area contributed by atoms with Crippen molar-refractivity contribution in [2.45, 2.75) is 32.2 Å². The normalized spacial score (nSPS) is 13.9. The van der Waals surface area contributed by atoms with Crippen LogP contribution in [-0.2, 0) is 24.1 Å². The van der Waals surface area contributed by atoms with E-state index in [2.05, 4.69) is 9.72 Å². The molecule has 3 aromatic heterocycles. The van der Waals surface area contributed by atoms with Gasteiger partial charge in [-0.2, -0.15) is 0 Å². The van der Waals surface area contributed by atoms with Crippen molar-refractivity contribution in [3.8, 4) is 0 Å². The maximum Gasteiger partial charge on any atom is 0.373 e. The number of nitrogens with zero attached hydrogens (tertiary/aromatic N) is 2. The van der Waals surface area contributed by atoms with Crippen molar-refractivity contribution >= 4 is 27.5 Å². The number of rotatable bonds is 3. The van der Waals surface area contributed by atoms with Crippen LogP contribution in [0.2, 0.25) is 0 Å². The lowest BCUT2D eigenvalue weighted by atomic mass is 9.97. The van der Waals surface area contributed by atoms with Gasteiger partial charge in [0.1, 0.15) is 10.6 Å². The van der Waals surface area contributed by atoms with E-state index in [1.807, 2.05) is 0 Å². The zero-order chi connectivity index (χ0) is 16.7. The van der Waals surface area contributed by atoms with E-state index >= 15 is 0 Å². The van der Waals surface area contributed by atoms with Gasteiger partial charge in [-0.25, -0.2) is 9.78 Å². The summed E-state index contributed by atoms with van der Waals surface area (Å²) in [6.07, 6.45) is 5.83. The molecule has 0 aromatic carbocycles. The predicted octanol–water partition coefficient (Wildman–Crippen LogP) is 2.76. The van der Waals surface area contributed by atoms with Crippen LogP contribution in [0, 0.1) is 0 Å². The Morgan fingerprint density at radius 3 is 3.04 bits per heavy atom. The van der Waals surface area contributed by atoms with E-state index in [9.17, 15) is 9.59 Å². The average molecular weight is 344 g/mol.